The average molecular weight is 235 g/mol. The number of nitrogens with one attached hydrogen (secondary N) is 1. The Morgan fingerprint density at radius 3 is 2.94 bits per heavy atom. The van der Waals surface area contributed by atoms with Gasteiger partial charge < -0.3 is 10.1 Å². The van der Waals surface area contributed by atoms with Crippen LogP contribution in [-0.2, 0) is 6.54 Å². The van der Waals surface area contributed by atoms with Gasteiger partial charge >= 0.3 is 0 Å². The van der Waals surface area contributed by atoms with Gasteiger partial charge in [-0.25, -0.2) is 4.98 Å². The Balaban J connectivity index is 2.42. The van der Waals surface area contributed by atoms with Gasteiger partial charge in [-0.3, -0.25) is 4.98 Å². The smallest absolute Gasteiger partial charge is 0.232 e. The second kappa shape index (κ2) is 7.79. The number of rotatable bonds is 7. The van der Waals surface area contributed by atoms with Gasteiger partial charge in [0, 0.05) is 12.7 Å². The number of hydrogen-bond acceptors (Lipinski definition) is 4. The second-order valence-corrected chi connectivity index (χ2v) is 4.25. The fraction of sp³-hybridized carbons (Fsp3) is 0.538. The highest BCUT2D eigenvalue weighted by molar-refractivity contribution is 5.08. The van der Waals surface area contributed by atoms with Gasteiger partial charge in [-0.05, 0) is 19.4 Å². The van der Waals surface area contributed by atoms with E-state index in [2.05, 4.69) is 29.1 Å². The maximum Gasteiger partial charge on any atom is 0.232 e. The zero-order chi connectivity index (χ0) is 12.5. The lowest BCUT2D eigenvalue weighted by Gasteiger charge is -2.07. The first kappa shape index (κ1) is 13.6. The van der Waals surface area contributed by atoms with E-state index in [1.165, 1.54) is 0 Å². The molecule has 1 rings (SSSR count). The summed E-state index contributed by atoms with van der Waals surface area (Å²) in [5.41, 5.74) is 0.906. The highest BCUT2D eigenvalue weighted by Gasteiger charge is 2.00. The molecule has 94 valence electrons. The van der Waals surface area contributed by atoms with Crippen molar-refractivity contribution in [1.82, 2.24) is 15.3 Å². The molecular weight excluding hydrogens is 214 g/mol. The predicted octanol–water partition coefficient (Wildman–Crippen LogP) is 2.18. The van der Waals surface area contributed by atoms with Crippen molar-refractivity contribution >= 4 is 0 Å². The zero-order valence-electron chi connectivity index (χ0n) is 10.8. The summed E-state index contributed by atoms with van der Waals surface area (Å²) in [6.45, 7) is 8.55. The van der Waals surface area contributed by atoms with Gasteiger partial charge in [-0.1, -0.05) is 26.0 Å². The fourth-order valence-electron chi connectivity index (χ4n) is 1.26. The Kier molecular flexibility index (Phi) is 6.25. The van der Waals surface area contributed by atoms with Gasteiger partial charge in [0.1, 0.15) is 6.61 Å². The Hall–Kier alpha value is -1.42. The standard InChI is InChI=1S/C13H21N3O/c1-4-5-6-17-13-10-15-9-12(16-13)8-14-7-11(2)3/h4-5,9-11,14H,6-8H2,1-3H3. The summed E-state index contributed by atoms with van der Waals surface area (Å²) in [5.74, 6) is 1.21. The number of aromatic nitrogens is 2. The molecule has 0 atom stereocenters. The van der Waals surface area contributed by atoms with Gasteiger partial charge in [-0.15, -0.1) is 0 Å². The molecule has 4 nitrogen and oxygen atoms in total. The number of nitrogens with zero attached hydrogens (tertiary/aromatic N) is 2. The van der Waals surface area contributed by atoms with E-state index in [-0.39, 0.29) is 0 Å². The summed E-state index contributed by atoms with van der Waals surface area (Å²) >= 11 is 0. The van der Waals surface area contributed by atoms with Crippen LogP contribution in [0.4, 0.5) is 0 Å². The molecule has 0 spiro atoms. The van der Waals surface area contributed by atoms with Crippen LogP contribution in [0.3, 0.4) is 0 Å². The predicted molar refractivity (Wildman–Crippen MR) is 68.9 cm³/mol. The lowest BCUT2D eigenvalue weighted by Crippen LogP contribution is -2.19. The summed E-state index contributed by atoms with van der Waals surface area (Å²) in [6.07, 6.45) is 7.28. The summed E-state index contributed by atoms with van der Waals surface area (Å²) in [7, 11) is 0. The van der Waals surface area contributed by atoms with Crippen molar-refractivity contribution in [3.8, 4) is 5.88 Å². The van der Waals surface area contributed by atoms with Crippen molar-refractivity contribution in [2.75, 3.05) is 13.2 Å². The number of hydrogen-bond donors (Lipinski definition) is 1. The average Bonchev–Trinajstić information content (AvgIpc) is 2.29. The molecule has 0 aliphatic rings. The monoisotopic (exact) mass is 235 g/mol. The van der Waals surface area contributed by atoms with Crippen LogP contribution in [-0.4, -0.2) is 23.1 Å². The normalized spacial score (nSPS) is 11.3. The van der Waals surface area contributed by atoms with Gasteiger partial charge in [-0.2, -0.15) is 0 Å². The molecule has 0 aliphatic heterocycles. The molecule has 0 saturated carbocycles. The Labute approximate surface area is 103 Å². The molecular formula is C13H21N3O. The highest BCUT2D eigenvalue weighted by atomic mass is 16.5. The maximum atomic E-state index is 5.43. The van der Waals surface area contributed by atoms with E-state index in [1.807, 2.05) is 19.1 Å². The first-order chi connectivity index (χ1) is 8.22. The van der Waals surface area contributed by atoms with Crippen LogP contribution >= 0.6 is 0 Å². The number of ether oxygens (including phenoxy) is 1. The van der Waals surface area contributed by atoms with Crippen LogP contribution < -0.4 is 10.1 Å². The van der Waals surface area contributed by atoms with Crippen molar-refractivity contribution in [3.63, 3.8) is 0 Å². The van der Waals surface area contributed by atoms with Crippen molar-refractivity contribution in [2.45, 2.75) is 27.3 Å². The van der Waals surface area contributed by atoms with E-state index in [9.17, 15) is 0 Å². The van der Waals surface area contributed by atoms with E-state index >= 15 is 0 Å². The molecule has 0 saturated heterocycles. The van der Waals surface area contributed by atoms with Gasteiger partial charge in [0.05, 0.1) is 11.9 Å². The third-order valence-electron chi connectivity index (χ3n) is 2.08. The van der Waals surface area contributed by atoms with Crippen molar-refractivity contribution in [1.29, 1.82) is 0 Å². The molecule has 0 fully saturated rings. The fourth-order valence-corrected chi connectivity index (χ4v) is 1.26. The second-order valence-electron chi connectivity index (χ2n) is 4.25. The third kappa shape index (κ3) is 6.02. The molecule has 0 bridgehead atoms. The number of allylic oxidation sites excluding steroid dienone is 1. The first-order valence-corrected chi connectivity index (χ1v) is 5.98. The van der Waals surface area contributed by atoms with E-state index in [0.29, 0.717) is 18.4 Å². The Bertz CT molecular complexity index is 350. The van der Waals surface area contributed by atoms with Crippen LogP contribution in [0, 0.1) is 5.92 Å². The molecule has 0 radical (unpaired) electrons. The molecule has 1 N–H and O–H groups in total. The molecule has 4 heteroatoms. The summed E-state index contributed by atoms with van der Waals surface area (Å²) < 4.78 is 5.43. The van der Waals surface area contributed by atoms with E-state index < -0.39 is 0 Å². The van der Waals surface area contributed by atoms with Crippen molar-refractivity contribution in [2.24, 2.45) is 5.92 Å². The SMILES string of the molecule is CC=CCOc1cncc(CNCC(C)C)n1. The molecule has 0 amide bonds. The van der Waals surface area contributed by atoms with Crippen molar-refractivity contribution in [3.05, 3.63) is 30.2 Å². The van der Waals surface area contributed by atoms with Gasteiger partial charge in [0.2, 0.25) is 5.88 Å². The largest absolute Gasteiger partial charge is 0.472 e. The first-order valence-electron chi connectivity index (χ1n) is 5.98. The van der Waals surface area contributed by atoms with Crippen LogP contribution in [0.2, 0.25) is 0 Å². The topological polar surface area (TPSA) is 47.0 Å². The van der Waals surface area contributed by atoms with E-state index in [0.717, 1.165) is 18.8 Å². The minimum absolute atomic E-state index is 0.536. The minimum Gasteiger partial charge on any atom is -0.472 e. The summed E-state index contributed by atoms with van der Waals surface area (Å²) in [6, 6.07) is 0. The van der Waals surface area contributed by atoms with Crippen molar-refractivity contribution < 1.29 is 4.74 Å². The molecule has 0 aliphatic carbocycles. The van der Waals surface area contributed by atoms with Gasteiger partial charge in [0.15, 0.2) is 0 Å². The quantitative estimate of drug-likeness (QED) is 0.736. The molecule has 1 aromatic heterocycles. The molecule has 1 heterocycles. The van der Waals surface area contributed by atoms with E-state index in [1.54, 1.807) is 12.4 Å². The van der Waals surface area contributed by atoms with E-state index in [4.69, 9.17) is 4.74 Å². The molecule has 0 aromatic carbocycles. The van der Waals surface area contributed by atoms with Crippen LogP contribution in [0.15, 0.2) is 24.5 Å². The molecule has 1 aromatic rings. The van der Waals surface area contributed by atoms with Gasteiger partial charge in [0.25, 0.3) is 0 Å². The third-order valence-corrected chi connectivity index (χ3v) is 2.08. The molecule has 0 unspecified atom stereocenters. The highest BCUT2D eigenvalue weighted by Crippen LogP contribution is 2.05. The zero-order valence-corrected chi connectivity index (χ0v) is 10.8. The minimum atomic E-state index is 0.536. The molecule has 17 heavy (non-hydrogen) atoms. The lowest BCUT2D eigenvalue weighted by molar-refractivity contribution is 0.344. The van der Waals surface area contributed by atoms with Crippen LogP contribution in [0.1, 0.15) is 26.5 Å². The van der Waals surface area contributed by atoms with Crippen LogP contribution in [0.5, 0.6) is 5.88 Å². The summed E-state index contributed by atoms with van der Waals surface area (Å²) in [4.78, 5) is 8.47. The van der Waals surface area contributed by atoms with Crippen LogP contribution in [0.25, 0.3) is 0 Å². The summed E-state index contributed by atoms with van der Waals surface area (Å²) in [5, 5.41) is 3.32. The Morgan fingerprint density at radius 1 is 1.41 bits per heavy atom. The Morgan fingerprint density at radius 2 is 2.24 bits per heavy atom. The maximum absolute atomic E-state index is 5.43. The lowest BCUT2D eigenvalue weighted by atomic mass is 10.2.